The van der Waals surface area contributed by atoms with E-state index in [4.69, 9.17) is 11.5 Å². The third-order valence-corrected chi connectivity index (χ3v) is 2.66. The van der Waals surface area contributed by atoms with Crippen LogP contribution in [-0.4, -0.2) is 23.5 Å². The van der Waals surface area contributed by atoms with E-state index < -0.39 is 5.91 Å². The van der Waals surface area contributed by atoms with E-state index in [1.54, 1.807) is 18.3 Å². The highest BCUT2D eigenvalue weighted by molar-refractivity contribution is 5.97. The molecule has 0 aromatic carbocycles. The van der Waals surface area contributed by atoms with Crippen LogP contribution in [-0.2, 0) is 0 Å². The highest BCUT2D eigenvalue weighted by Crippen LogP contribution is 2.14. The van der Waals surface area contributed by atoms with Gasteiger partial charge in [0.1, 0.15) is 5.82 Å². The van der Waals surface area contributed by atoms with Gasteiger partial charge in [-0.25, -0.2) is 4.98 Å². The summed E-state index contributed by atoms with van der Waals surface area (Å²) in [5.74, 6) is 0.328. The molecule has 0 bridgehead atoms. The van der Waals surface area contributed by atoms with Crippen molar-refractivity contribution in [2.75, 3.05) is 11.9 Å². The van der Waals surface area contributed by atoms with Crippen molar-refractivity contribution in [3.05, 3.63) is 23.9 Å². The van der Waals surface area contributed by atoms with Crippen molar-refractivity contribution in [2.45, 2.75) is 19.9 Å². The molecular formula is C11H18N4O. The van der Waals surface area contributed by atoms with Crippen LogP contribution in [0, 0.1) is 5.92 Å². The maximum Gasteiger partial charge on any atom is 0.252 e. The van der Waals surface area contributed by atoms with E-state index in [9.17, 15) is 4.79 Å². The smallest absolute Gasteiger partial charge is 0.252 e. The van der Waals surface area contributed by atoms with E-state index in [0.29, 0.717) is 23.8 Å². The van der Waals surface area contributed by atoms with Crippen molar-refractivity contribution < 1.29 is 4.79 Å². The topological polar surface area (TPSA) is 94.0 Å². The molecule has 0 fully saturated rings. The predicted molar refractivity (Wildman–Crippen MR) is 64.1 cm³/mol. The highest BCUT2D eigenvalue weighted by atomic mass is 16.1. The lowest BCUT2D eigenvalue weighted by atomic mass is 10.0. The number of rotatable bonds is 5. The number of carbonyl (C=O) groups is 1. The largest absolute Gasteiger partial charge is 0.367 e. The predicted octanol–water partition coefficient (Wildman–Crippen LogP) is 0.576. The number of aromatic nitrogens is 1. The number of amides is 1. The summed E-state index contributed by atoms with van der Waals surface area (Å²) in [6.45, 7) is 4.61. The second-order valence-corrected chi connectivity index (χ2v) is 3.91. The van der Waals surface area contributed by atoms with Gasteiger partial charge in [0.05, 0.1) is 5.56 Å². The molecule has 1 aromatic rings. The fraction of sp³-hybridized carbons (Fsp3) is 0.455. The fourth-order valence-electron chi connectivity index (χ4n) is 1.28. The first kappa shape index (κ1) is 12.4. The molecule has 1 aromatic heterocycles. The zero-order valence-corrected chi connectivity index (χ0v) is 9.60. The number of hydrogen-bond donors (Lipinski definition) is 3. The lowest BCUT2D eigenvalue weighted by Crippen LogP contribution is -2.30. The molecule has 0 aliphatic carbocycles. The average molecular weight is 222 g/mol. The molecule has 5 heteroatoms. The summed E-state index contributed by atoms with van der Waals surface area (Å²) >= 11 is 0. The number of carbonyl (C=O) groups excluding carboxylic acids is 1. The summed E-state index contributed by atoms with van der Waals surface area (Å²) in [5.41, 5.74) is 11.2. The van der Waals surface area contributed by atoms with E-state index in [0.717, 1.165) is 0 Å². The van der Waals surface area contributed by atoms with Crippen LogP contribution >= 0.6 is 0 Å². The van der Waals surface area contributed by atoms with E-state index in [2.05, 4.69) is 10.3 Å². The van der Waals surface area contributed by atoms with Crippen LogP contribution in [0.25, 0.3) is 0 Å². The van der Waals surface area contributed by atoms with Crippen LogP contribution in [0.3, 0.4) is 0 Å². The van der Waals surface area contributed by atoms with Crippen molar-refractivity contribution in [1.29, 1.82) is 0 Å². The van der Waals surface area contributed by atoms with Gasteiger partial charge in [0.25, 0.3) is 5.91 Å². The first-order chi connectivity index (χ1) is 7.56. The molecule has 1 heterocycles. The third kappa shape index (κ3) is 2.93. The van der Waals surface area contributed by atoms with E-state index >= 15 is 0 Å². The van der Waals surface area contributed by atoms with Crippen molar-refractivity contribution in [2.24, 2.45) is 17.4 Å². The van der Waals surface area contributed by atoms with E-state index in [-0.39, 0.29) is 6.04 Å². The summed E-state index contributed by atoms with van der Waals surface area (Å²) in [7, 11) is 0. The molecule has 5 nitrogen and oxygen atoms in total. The minimum atomic E-state index is -0.483. The molecule has 88 valence electrons. The first-order valence-electron chi connectivity index (χ1n) is 5.27. The van der Waals surface area contributed by atoms with Crippen LogP contribution in [0.4, 0.5) is 5.82 Å². The number of nitrogens with one attached hydrogen (secondary N) is 1. The Morgan fingerprint density at radius 1 is 1.56 bits per heavy atom. The van der Waals surface area contributed by atoms with Crippen molar-refractivity contribution in [3.63, 3.8) is 0 Å². The molecule has 0 saturated heterocycles. The third-order valence-electron chi connectivity index (χ3n) is 2.66. The van der Waals surface area contributed by atoms with Crippen LogP contribution in [0.15, 0.2) is 18.3 Å². The Balaban J connectivity index is 2.84. The number of anilines is 1. The maximum atomic E-state index is 11.2. The van der Waals surface area contributed by atoms with Crippen LogP contribution in [0.5, 0.6) is 0 Å². The number of primary amides is 1. The molecule has 1 rings (SSSR count). The zero-order valence-electron chi connectivity index (χ0n) is 9.60. The first-order valence-corrected chi connectivity index (χ1v) is 5.27. The second-order valence-electron chi connectivity index (χ2n) is 3.91. The van der Waals surface area contributed by atoms with Crippen LogP contribution in [0.2, 0.25) is 0 Å². The lowest BCUT2D eigenvalue weighted by molar-refractivity contribution is 0.100. The van der Waals surface area contributed by atoms with Gasteiger partial charge < -0.3 is 16.8 Å². The van der Waals surface area contributed by atoms with Gasteiger partial charge in [-0.05, 0) is 31.5 Å². The van der Waals surface area contributed by atoms with Gasteiger partial charge in [0, 0.05) is 12.2 Å². The van der Waals surface area contributed by atoms with Crippen LogP contribution in [0.1, 0.15) is 24.2 Å². The summed E-state index contributed by atoms with van der Waals surface area (Å²) in [6, 6.07) is 3.47. The number of nitrogens with two attached hydrogens (primary N) is 2. The normalized spacial score (nSPS) is 14.2. The Morgan fingerprint density at radius 3 is 2.81 bits per heavy atom. The zero-order chi connectivity index (χ0) is 12.1. The average Bonchev–Trinajstić information content (AvgIpc) is 2.28. The highest BCUT2D eigenvalue weighted by Gasteiger charge is 2.14. The Hall–Kier alpha value is -1.62. The van der Waals surface area contributed by atoms with Gasteiger partial charge in [-0.2, -0.15) is 0 Å². The summed E-state index contributed by atoms with van der Waals surface area (Å²) in [6.07, 6.45) is 1.62. The summed E-state index contributed by atoms with van der Waals surface area (Å²) in [5, 5.41) is 3.15. The molecule has 0 radical (unpaired) electrons. The standard InChI is InChI=1S/C11H18N4O/c1-7(6-12)8(2)15-11-9(10(13)16)4-3-5-14-11/h3-5,7-8H,6,12H2,1-2H3,(H2,13,16)(H,14,15). The molecular weight excluding hydrogens is 204 g/mol. The van der Waals surface area contributed by atoms with Gasteiger partial charge >= 0.3 is 0 Å². The lowest BCUT2D eigenvalue weighted by Gasteiger charge is -2.21. The molecule has 16 heavy (non-hydrogen) atoms. The van der Waals surface area contributed by atoms with Crippen LogP contribution < -0.4 is 16.8 Å². The Bertz CT molecular complexity index is 367. The van der Waals surface area contributed by atoms with Gasteiger partial charge in [0.2, 0.25) is 0 Å². The van der Waals surface area contributed by atoms with E-state index in [1.807, 2.05) is 13.8 Å². The van der Waals surface area contributed by atoms with Crippen molar-refractivity contribution in [1.82, 2.24) is 4.98 Å². The monoisotopic (exact) mass is 222 g/mol. The SMILES string of the molecule is CC(CN)C(C)Nc1ncccc1C(N)=O. The van der Waals surface area contributed by atoms with Crippen molar-refractivity contribution in [3.8, 4) is 0 Å². The minimum absolute atomic E-state index is 0.137. The number of pyridine rings is 1. The van der Waals surface area contributed by atoms with Crippen molar-refractivity contribution >= 4 is 11.7 Å². The Morgan fingerprint density at radius 2 is 2.25 bits per heavy atom. The Kier molecular flexibility index (Phi) is 4.25. The minimum Gasteiger partial charge on any atom is -0.367 e. The molecule has 2 unspecified atom stereocenters. The molecule has 5 N–H and O–H groups in total. The van der Waals surface area contributed by atoms with Gasteiger partial charge in [-0.15, -0.1) is 0 Å². The summed E-state index contributed by atoms with van der Waals surface area (Å²) < 4.78 is 0. The molecule has 0 aliphatic heterocycles. The van der Waals surface area contributed by atoms with E-state index in [1.165, 1.54) is 0 Å². The second kappa shape index (κ2) is 5.46. The number of nitrogens with zero attached hydrogens (tertiary/aromatic N) is 1. The molecule has 2 atom stereocenters. The molecule has 1 amide bonds. The van der Waals surface area contributed by atoms with Gasteiger partial charge in [0.15, 0.2) is 0 Å². The molecule has 0 aliphatic rings. The quantitative estimate of drug-likeness (QED) is 0.679. The molecule has 0 saturated carbocycles. The van der Waals surface area contributed by atoms with Gasteiger partial charge in [-0.1, -0.05) is 6.92 Å². The summed E-state index contributed by atoms with van der Waals surface area (Å²) in [4.78, 5) is 15.3. The number of hydrogen-bond acceptors (Lipinski definition) is 4. The van der Waals surface area contributed by atoms with Gasteiger partial charge in [-0.3, -0.25) is 4.79 Å². The fourth-order valence-corrected chi connectivity index (χ4v) is 1.28. The maximum absolute atomic E-state index is 11.2. The Labute approximate surface area is 95.2 Å². The molecule has 0 spiro atoms.